The highest BCUT2D eigenvalue weighted by Gasteiger charge is 2.36. The predicted octanol–water partition coefficient (Wildman–Crippen LogP) is -0.495. The Hall–Kier alpha value is 0.580. The van der Waals surface area contributed by atoms with Crippen molar-refractivity contribution in [1.29, 1.82) is 0 Å². The Morgan fingerprint density at radius 3 is 2.45 bits per heavy atom. The highest BCUT2D eigenvalue weighted by molar-refractivity contribution is 8.16. The average Bonchev–Trinajstić information content (AvgIpc) is 2.01. The zero-order valence-electron chi connectivity index (χ0n) is 6.17. The van der Waals surface area contributed by atoms with Gasteiger partial charge in [-0.15, -0.1) is 23.5 Å². The molecule has 0 aromatic carbocycles. The van der Waals surface area contributed by atoms with Gasteiger partial charge in [-0.3, -0.25) is 0 Å². The first-order valence-electron chi connectivity index (χ1n) is 3.35. The fraction of sp³-hybridized carbons (Fsp3) is 1.00. The summed E-state index contributed by atoms with van der Waals surface area (Å²) in [5.41, 5.74) is 0. The summed E-state index contributed by atoms with van der Waals surface area (Å²) < 4.78 is -0.00611. The Morgan fingerprint density at radius 1 is 1.27 bits per heavy atom. The van der Waals surface area contributed by atoms with E-state index in [1.165, 1.54) is 23.5 Å². The third-order valence-corrected chi connectivity index (χ3v) is 4.56. The molecule has 0 amide bonds. The van der Waals surface area contributed by atoms with Gasteiger partial charge in [0.1, 0.15) is 12.2 Å². The van der Waals surface area contributed by atoms with E-state index in [9.17, 15) is 10.2 Å². The number of rotatable bonds is 1. The third-order valence-electron chi connectivity index (χ3n) is 1.69. The van der Waals surface area contributed by atoms with Crippen molar-refractivity contribution >= 4 is 23.5 Å². The van der Waals surface area contributed by atoms with E-state index in [0.29, 0.717) is 5.75 Å². The molecule has 66 valence electrons. The molecule has 0 saturated carbocycles. The van der Waals surface area contributed by atoms with Gasteiger partial charge in [0.25, 0.3) is 0 Å². The lowest BCUT2D eigenvalue weighted by atomic mass is 10.1. The molecule has 3 N–H and O–H groups in total. The van der Waals surface area contributed by atoms with Crippen molar-refractivity contribution in [2.24, 2.45) is 0 Å². The Kier molecular flexibility index (Phi) is 3.52. The Labute approximate surface area is 74.2 Å². The SMILES string of the molecule is CS[C@@H]1SC[C@@H](O)[C@@H](O)[C@H]1O. The molecule has 1 aliphatic heterocycles. The van der Waals surface area contributed by atoms with Crippen molar-refractivity contribution in [2.75, 3.05) is 12.0 Å². The van der Waals surface area contributed by atoms with Gasteiger partial charge in [0.15, 0.2) is 0 Å². The first-order chi connectivity index (χ1) is 5.16. The van der Waals surface area contributed by atoms with Crippen LogP contribution in [0.25, 0.3) is 0 Å². The molecule has 1 aliphatic rings. The van der Waals surface area contributed by atoms with Crippen LogP contribution in [0.15, 0.2) is 0 Å². The predicted molar refractivity (Wildman–Crippen MR) is 47.8 cm³/mol. The maximum Gasteiger partial charge on any atom is 0.108 e. The minimum Gasteiger partial charge on any atom is -0.389 e. The topological polar surface area (TPSA) is 60.7 Å². The van der Waals surface area contributed by atoms with Crippen molar-refractivity contribution in [3.05, 3.63) is 0 Å². The monoisotopic (exact) mass is 196 g/mol. The fourth-order valence-corrected chi connectivity index (χ4v) is 3.15. The van der Waals surface area contributed by atoms with Gasteiger partial charge in [-0.2, -0.15) is 0 Å². The van der Waals surface area contributed by atoms with E-state index < -0.39 is 18.3 Å². The molecule has 0 unspecified atom stereocenters. The summed E-state index contributed by atoms with van der Waals surface area (Å²) in [5, 5.41) is 27.7. The number of hydrogen-bond acceptors (Lipinski definition) is 5. The highest BCUT2D eigenvalue weighted by atomic mass is 32.2. The lowest BCUT2D eigenvalue weighted by Gasteiger charge is -2.33. The van der Waals surface area contributed by atoms with Crippen LogP contribution in [-0.4, -0.2) is 50.2 Å². The van der Waals surface area contributed by atoms with Gasteiger partial charge < -0.3 is 15.3 Å². The number of thioether (sulfide) groups is 2. The zero-order valence-corrected chi connectivity index (χ0v) is 7.81. The van der Waals surface area contributed by atoms with Crippen LogP contribution in [0.2, 0.25) is 0 Å². The second kappa shape index (κ2) is 4.00. The van der Waals surface area contributed by atoms with Crippen molar-refractivity contribution in [3.8, 4) is 0 Å². The van der Waals surface area contributed by atoms with Crippen LogP contribution in [0.3, 0.4) is 0 Å². The standard InChI is InChI=1S/C6H12O3S2/c1-10-6-5(9)4(8)3(7)2-11-6/h3-9H,2H2,1H3/t3-,4-,5-,6-/m1/s1. The molecule has 1 rings (SSSR count). The molecule has 1 heterocycles. The van der Waals surface area contributed by atoms with E-state index in [1.54, 1.807) is 0 Å². The molecule has 5 heteroatoms. The average molecular weight is 196 g/mol. The Morgan fingerprint density at radius 2 is 1.91 bits per heavy atom. The lowest BCUT2D eigenvalue weighted by Crippen LogP contribution is -2.47. The van der Waals surface area contributed by atoms with Crippen LogP contribution in [-0.2, 0) is 0 Å². The largest absolute Gasteiger partial charge is 0.389 e. The van der Waals surface area contributed by atoms with E-state index in [4.69, 9.17) is 5.11 Å². The lowest BCUT2D eigenvalue weighted by molar-refractivity contribution is -0.0473. The third kappa shape index (κ3) is 2.03. The highest BCUT2D eigenvalue weighted by Crippen LogP contribution is 2.32. The Balaban J connectivity index is 2.52. The van der Waals surface area contributed by atoms with Crippen molar-refractivity contribution in [2.45, 2.75) is 22.9 Å². The maximum absolute atomic E-state index is 9.36. The molecule has 0 aliphatic carbocycles. The molecular weight excluding hydrogens is 184 g/mol. The Bertz CT molecular complexity index is 131. The molecule has 0 radical (unpaired) electrons. The van der Waals surface area contributed by atoms with Crippen LogP contribution >= 0.6 is 23.5 Å². The minimum atomic E-state index is -0.978. The van der Waals surface area contributed by atoms with Gasteiger partial charge in [-0.05, 0) is 6.26 Å². The van der Waals surface area contributed by atoms with Crippen LogP contribution in [0.1, 0.15) is 0 Å². The van der Waals surface area contributed by atoms with E-state index >= 15 is 0 Å². The quantitative estimate of drug-likeness (QED) is 0.528. The molecule has 1 fully saturated rings. The summed E-state index contributed by atoms with van der Waals surface area (Å²) in [7, 11) is 0. The van der Waals surface area contributed by atoms with Crippen LogP contribution in [0.5, 0.6) is 0 Å². The van der Waals surface area contributed by atoms with Crippen molar-refractivity contribution in [1.82, 2.24) is 0 Å². The first kappa shape index (κ1) is 9.67. The van der Waals surface area contributed by atoms with E-state index in [0.717, 1.165) is 0 Å². The summed E-state index contributed by atoms with van der Waals surface area (Å²) in [6, 6.07) is 0. The van der Waals surface area contributed by atoms with Crippen molar-refractivity contribution < 1.29 is 15.3 Å². The van der Waals surface area contributed by atoms with Gasteiger partial charge in [-0.1, -0.05) is 0 Å². The smallest absolute Gasteiger partial charge is 0.108 e. The molecule has 11 heavy (non-hydrogen) atoms. The number of aliphatic hydroxyl groups excluding tert-OH is 3. The minimum absolute atomic E-state index is 0.00611. The van der Waals surface area contributed by atoms with E-state index in [-0.39, 0.29) is 4.58 Å². The van der Waals surface area contributed by atoms with Gasteiger partial charge in [0.05, 0.1) is 10.7 Å². The molecule has 0 aromatic heterocycles. The molecular formula is C6H12O3S2. The number of aliphatic hydroxyl groups is 3. The summed E-state index contributed by atoms with van der Waals surface area (Å²) in [6.45, 7) is 0. The van der Waals surface area contributed by atoms with Crippen LogP contribution in [0, 0.1) is 0 Å². The molecule has 3 nitrogen and oxygen atoms in total. The maximum atomic E-state index is 9.36. The van der Waals surface area contributed by atoms with Crippen LogP contribution < -0.4 is 0 Å². The molecule has 0 spiro atoms. The second-order valence-corrected chi connectivity index (χ2v) is 4.94. The zero-order chi connectivity index (χ0) is 8.43. The summed E-state index contributed by atoms with van der Waals surface area (Å²) >= 11 is 2.99. The van der Waals surface area contributed by atoms with Gasteiger partial charge in [0, 0.05) is 5.75 Å². The summed E-state index contributed by atoms with van der Waals surface area (Å²) in [5.74, 6) is 0.504. The van der Waals surface area contributed by atoms with Gasteiger partial charge in [0.2, 0.25) is 0 Å². The summed E-state index contributed by atoms with van der Waals surface area (Å²) in [4.78, 5) is 0. The van der Waals surface area contributed by atoms with Crippen LogP contribution in [0.4, 0.5) is 0 Å². The van der Waals surface area contributed by atoms with Crippen molar-refractivity contribution in [3.63, 3.8) is 0 Å². The second-order valence-electron chi connectivity index (χ2n) is 2.49. The molecule has 0 aromatic rings. The molecule has 4 atom stereocenters. The van der Waals surface area contributed by atoms with E-state index in [1.807, 2.05) is 6.26 Å². The summed E-state index contributed by atoms with van der Waals surface area (Å²) in [6.07, 6.45) is -0.684. The van der Waals surface area contributed by atoms with Gasteiger partial charge in [-0.25, -0.2) is 0 Å². The first-order valence-corrected chi connectivity index (χ1v) is 5.69. The van der Waals surface area contributed by atoms with E-state index in [2.05, 4.69) is 0 Å². The normalized spacial score (nSPS) is 45.8. The van der Waals surface area contributed by atoms with Gasteiger partial charge >= 0.3 is 0 Å². The number of hydrogen-bond donors (Lipinski definition) is 3. The molecule has 0 bridgehead atoms. The fourth-order valence-electron chi connectivity index (χ4n) is 0.987. The molecule has 1 saturated heterocycles.